The van der Waals surface area contributed by atoms with Crippen LogP contribution in [0.1, 0.15) is 143 Å². The van der Waals surface area contributed by atoms with E-state index < -0.39 is 35.6 Å². The minimum Gasteiger partial charge on any atom is -0.411 e. The standard InChI is InChI=1S/2C10H10N2O3.C10H12N2O2.C10H11NO3.C10H9NO3.C9H10N2O2.C9H11N.C7H5N3O3.C7H6N2O.B.H3NO/c1-7(13)11-5-4-8-6-9(12(14)15)2-3-10(8)11;13-11-10-3-1-2-7-4-5-8(12(14)15)6-9(7)10;1-2-11-6-5-8-7-9(12(13)14)3-4-10(8)11;2*12-10-3-1-2-7-4-5-8(11(13)14)6-9(7)10;10-8-4-6-2-1-3-7(6)5-9(8)11(12)13;10-9-5-4-7-2-1-3-8(7)6-9;11-7-8-5-2-1-4(10(12)13)3-6(5)9-7;10-7-8-5-3-1-2-4-6(5)9-7;;1-2/h2-3,6H,4-5H2,1H3;4-6,13H,1-3H2;3-4,7H,2,5-6H2,1H3;4-6,10,12H,1-3H2;4-6H,1-3H2;4-5H,1-3,10H2;4-6H,1-3,10H2;1-3H,(H2,8,9,11);1-4H,(H2,8,9,10);;2H,1H2/b;11-10+;;;;;;;;;. The Labute approximate surface area is 690 Å². The SMILES string of the molecule is CC(=O)N1CCc2cc([N+](=O)[O-])ccc21.CCN1CCc2cc([N+](=O)[O-])ccc21.NO.Nc1cc2c(cc1[N+](=O)[O-])CCC2.Nc1ccc2c(c1)CCC2.O=C1CCCc2ccc([N+](=O)[O-])cc21.O=[N+]([O-])c1ccc2c(c1)/C(=N/O)CCC2.O=[N+]([O-])c1ccc2c(c1)C(O)CCC2.O=c1[nH]c2ccc([N+](=O)[O-])cc2[nH]1.O=c1[nH]c2ccccc2[nH]1.[B]. The van der Waals surface area contributed by atoms with Gasteiger partial charge in [0.2, 0.25) is 5.91 Å². The van der Waals surface area contributed by atoms with Crippen LogP contribution in [0.5, 0.6) is 0 Å². The summed E-state index contributed by atoms with van der Waals surface area (Å²) >= 11 is 0. The Bertz CT molecular complexity index is 5790. The molecule has 1 amide bonds. The van der Waals surface area contributed by atoms with Crippen molar-refractivity contribution >= 4 is 110 Å². The van der Waals surface area contributed by atoms with E-state index in [1.54, 1.807) is 53.4 Å². The maximum absolute atomic E-state index is 11.4. The van der Waals surface area contributed by atoms with Crippen molar-refractivity contribution in [3.8, 4) is 0 Å². The van der Waals surface area contributed by atoms with Gasteiger partial charge < -0.3 is 56.7 Å². The van der Waals surface area contributed by atoms with Crippen molar-refractivity contribution in [2.24, 2.45) is 11.1 Å². The minimum atomic E-state index is -0.529. The first-order chi connectivity index (χ1) is 57.5. The fraction of sp³-hybridized carbons (Fsp3) is 0.280. The number of aromatic nitrogens is 4. The molecule has 18 rings (SSSR count). The topological polar surface area (TPSA) is 591 Å². The Balaban J connectivity index is 0.000000169. The van der Waals surface area contributed by atoms with Gasteiger partial charge >= 0.3 is 11.4 Å². The van der Waals surface area contributed by atoms with Crippen molar-refractivity contribution in [2.45, 2.75) is 129 Å². The van der Waals surface area contributed by atoms with Gasteiger partial charge in [-0.05, 0) is 214 Å². The lowest BCUT2D eigenvalue weighted by Crippen LogP contribution is -2.25. The second-order valence-electron chi connectivity index (χ2n) is 28.2. The van der Waals surface area contributed by atoms with Crippen LogP contribution >= 0.6 is 0 Å². The number of hydrogen-bond donors (Lipinski definition) is 10. The smallest absolute Gasteiger partial charge is 0.323 e. The van der Waals surface area contributed by atoms with Crippen molar-refractivity contribution in [1.82, 2.24) is 19.9 Å². The molecule has 629 valence electrons. The molecule has 1 atom stereocenters. The number of aliphatic hydroxyl groups is 1. The second kappa shape index (κ2) is 42.9. The molecule has 2 aromatic heterocycles. The number of non-ortho nitro benzene ring substituents is 6. The fourth-order valence-electron chi connectivity index (χ4n) is 14.7. The molecule has 7 aliphatic rings. The number of likely N-dealkylation sites (N-methyl/N-ethyl adjacent to an activating group) is 1. The molecular weight excluding hydrogens is 1570 g/mol. The van der Waals surface area contributed by atoms with Crippen LogP contribution in [0, 0.1) is 70.8 Å². The molecule has 121 heavy (non-hydrogen) atoms. The summed E-state index contributed by atoms with van der Waals surface area (Å²) in [5, 5.41) is 102. The van der Waals surface area contributed by atoms with Gasteiger partial charge in [-0.3, -0.25) is 80.4 Å². The molecule has 2 aliphatic heterocycles. The van der Waals surface area contributed by atoms with Gasteiger partial charge in [0, 0.05) is 148 Å². The number of amides is 1. The molecule has 0 fully saturated rings. The van der Waals surface area contributed by atoms with Crippen LogP contribution in [0.4, 0.5) is 62.6 Å². The van der Waals surface area contributed by atoms with Crippen LogP contribution in [0.15, 0.2) is 179 Å². The highest BCUT2D eigenvalue weighted by Crippen LogP contribution is 2.36. The van der Waals surface area contributed by atoms with Gasteiger partial charge in [0.1, 0.15) is 5.69 Å². The Kier molecular flexibility index (Phi) is 32.6. The number of H-pyrrole nitrogens is 4. The number of nitro groups is 7. The number of aliphatic hydroxyl groups excluding tert-OH is 1. The number of nitro benzene ring substituents is 7. The van der Waals surface area contributed by atoms with Gasteiger partial charge in [0.15, 0.2) is 5.78 Å². The van der Waals surface area contributed by atoms with Gasteiger partial charge in [-0.25, -0.2) is 15.5 Å². The van der Waals surface area contributed by atoms with E-state index in [-0.39, 0.29) is 81.9 Å². The van der Waals surface area contributed by atoms with Crippen LogP contribution in [0.3, 0.4) is 0 Å². The zero-order chi connectivity index (χ0) is 87.0. The molecule has 4 heterocycles. The number of para-hydroxylation sites is 2. The molecule has 0 saturated carbocycles. The van der Waals surface area contributed by atoms with E-state index in [0.29, 0.717) is 60.1 Å². The average molecular weight is 1660 g/mol. The number of Topliss-reactive ketones (excluding diaryl/α,β-unsaturated/α-hetero) is 1. The molecule has 38 nitrogen and oxygen atoms in total. The predicted molar refractivity (Wildman–Crippen MR) is 454 cm³/mol. The molecule has 13 N–H and O–H groups in total. The summed E-state index contributed by atoms with van der Waals surface area (Å²) in [6.07, 6.45) is 15.1. The van der Waals surface area contributed by atoms with Gasteiger partial charge in [-0.15, -0.1) is 0 Å². The number of benzene rings is 9. The molecule has 0 saturated heterocycles. The van der Waals surface area contributed by atoms with Gasteiger partial charge in [0.05, 0.1) is 68.3 Å². The number of fused-ring (bicyclic) bond motifs is 9. The summed E-state index contributed by atoms with van der Waals surface area (Å²) in [7, 11) is 0. The minimum absolute atomic E-state index is 0. The highest BCUT2D eigenvalue weighted by Gasteiger charge is 2.27. The number of anilines is 4. The lowest BCUT2D eigenvalue weighted by atomic mass is 9.89. The number of rotatable bonds is 8. The van der Waals surface area contributed by atoms with Crippen molar-refractivity contribution in [3.63, 3.8) is 0 Å². The quantitative estimate of drug-likeness (QED) is 0.0222. The zero-order valence-electron chi connectivity index (χ0n) is 65.8. The average Bonchev–Trinajstić information content (AvgIpc) is 1.75. The number of ketones is 1. The van der Waals surface area contributed by atoms with Crippen molar-refractivity contribution in [1.29, 1.82) is 0 Å². The zero-order valence-corrected chi connectivity index (χ0v) is 65.8. The van der Waals surface area contributed by atoms with E-state index in [2.05, 4.69) is 54.9 Å². The van der Waals surface area contributed by atoms with Crippen molar-refractivity contribution in [2.75, 3.05) is 40.9 Å². The molecule has 39 heteroatoms. The summed E-state index contributed by atoms with van der Waals surface area (Å²) in [6.45, 7) is 6.15. The number of carbonyl (C=O) groups is 2. The van der Waals surface area contributed by atoms with E-state index in [0.717, 1.165) is 144 Å². The first-order valence-electron chi connectivity index (χ1n) is 38.0. The molecule has 0 spiro atoms. The van der Waals surface area contributed by atoms with Crippen LogP contribution < -0.4 is 38.5 Å². The summed E-state index contributed by atoms with van der Waals surface area (Å²) in [6, 6.07) is 44.9. The number of oxime groups is 1. The lowest BCUT2D eigenvalue weighted by molar-refractivity contribution is -0.385. The summed E-state index contributed by atoms with van der Waals surface area (Å²) in [4.78, 5) is 129. The molecule has 1 unspecified atom stereocenters. The number of aryl methyl sites for hydroxylation is 7. The third kappa shape index (κ3) is 24.2. The third-order valence-electron chi connectivity index (χ3n) is 20.6. The first kappa shape index (κ1) is 91.8. The van der Waals surface area contributed by atoms with Crippen LogP contribution in [-0.2, 0) is 62.6 Å². The fourth-order valence-corrected chi connectivity index (χ4v) is 14.7. The van der Waals surface area contributed by atoms with Crippen molar-refractivity contribution in [3.05, 3.63) is 322 Å². The molecule has 11 aromatic rings. The number of carbonyl (C=O) groups excluding carboxylic acids is 2. The predicted octanol–water partition coefficient (Wildman–Crippen LogP) is 13.7. The Morgan fingerprint density at radius 2 is 0.860 bits per heavy atom. The number of nitrogens with two attached hydrogens (primary N) is 3. The van der Waals surface area contributed by atoms with Gasteiger partial charge in [0.25, 0.3) is 39.8 Å². The van der Waals surface area contributed by atoms with E-state index >= 15 is 0 Å². The second-order valence-corrected chi connectivity index (χ2v) is 28.2. The van der Waals surface area contributed by atoms with Crippen LogP contribution in [0.25, 0.3) is 22.1 Å². The number of aromatic amines is 4. The number of nitrogen functional groups attached to an aromatic ring is 2. The normalized spacial score (nSPS) is 14.4. The monoisotopic (exact) mass is 1660 g/mol. The van der Waals surface area contributed by atoms with Crippen LogP contribution in [0.2, 0.25) is 0 Å². The molecule has 5 aliphatic carbocycles. The van der Waals surface area contributed by atoms with E-state index in [1.165, 1.54) is 110 Å². The molecular formula is C82H87BN17O21. The number of imidazole rings is 2. The highest BCUT2D eigenvalue weighted by molar-refractivity contribution is 6.03. The Morgan fingerprint density at radius 1 is 0.438 bits per heavy atom. The first-order valence-corrected chi connectivity index (χ1v) is 38.0. The largest absolute Gasteiger partial charge is 0.411 e. The van der Waals surface area contributed by atoms with E-state index in [1.807, 2.05) is 36.4 Å². The molecule has 0 bridgehead atoms. The maximum atomic E-state index is 11.4. The Hall–Kier alpha value is -14.7. The highest BCUT2D eigenvalue weighted by atomic mass is 16.7. The van der Waals surface area contributed by atoms with Crippen molar-refractivity contribution < 1.29 is 59.6 Å². The number of nitrogens with zero attached hydrogens (tertiary/aromatic N) is 10. The summed E-state index contributed by atoms with van der Waals surface area (Å²) in [5.41, 5.74) is 29.6. The molecule has 9 aromatic carbocycles. The summed E-state index contributed by atoms with van der Waals surface area (Å²) in [5.74, 6) is 3.50. The lowest BCUT2D eigenvalue weighted by Gasteiger charge is -2.20. The Morgan fingerprint density at radius 3 is 1.41 bits per heavy atom. The molecule has 3 radical (unpaired) electrons. The number of hydrogen-bond acceptors (Lipinski definition) is 26. The summed E-state index contributed by atoms with van der Waals surface area (Å²) < 4.78 is 0. The van der Waals surface area contributed by atoms with E-state index in [4.69, 9.17) is 21.9 Å². The van der Waals surface area contributed by atoms with Gasteiger partial charge in [-0.2, -0.15) is 0 Å². The van der Waals surface area contributed by atoms with E-state index in [9.17, 15) is 95.1 Å². The van der Waals surface area contributed by atoms with Gasteiger partial charge in [-0.1, -0.05) is 41.6 Å². The maximum Gasteiger partial charge on any atom is 0.323 e. The van der Waals surface area contributed by atoms with Crippen LogP contribution in [-0.4, -0.2) is 115 Å². The number of nitrogens with one attached hydrogen (secondary N) is 4. The third-order valence-corrected chi connectivity index (χ3v) is 20.6.